The number of hydrogen-bond acceptors (Lipinski definition) is 5. The summed E-state index contributed by atoms with van der Waals surface area (Å²) in [6, 6.07) is 11.7. The molecule has 0 amide bonds. The molecule has 0 unspecified atom stereocenters. The third kappa shape index (κ3) is 3.16. The van der Waals surface area contributed by atoms with Crippen molar-refractivity contribution >= 4 is 28.4 Å². The molecular formula is C21H20N4O2S. The number of benzene rings is 1. The van der Waals surface area contributed by atoms with Crippen LogP contribution in [0.25, 0.3) is 10.9 Å². The van der Waals surface area contributed by atoms with Crippen molar-refractivity contribution < 1.29 is 9.21 Å². The molecule has 1 N–H and O–H groups in total. The number of carbonyl (C=O) groups excluding carboxylic acids is 1. The third-order valence-corrected chi connectivity index (χ3v) is 6.05. The number of H-pyrrole nitrogens is 1. The van der Waals surface area contributed by atoms with E-state index >= 15 is 0 Å². The minimum Gasteiger partial charge on any atom is -0.467 e. The zero-order valence-corrected chi connectivity index (χ0v) is 16.3. The summed E-state index contributed by atoms with van der Waals surface area (Å²) in [7, 11) is 0. The molecular weight excluding hydrogens is 372 g/mol. The lowest BCUT2D eigenvalue weighted by Crippen LogP contribution is -2.08. The Hall–Kier alpha value is -2.80. The maximum absolute atomic E-state index is 13.0. The summed E-state index contributed by atoms with van der Waals surface area (Å²) in [6.45, 7) is 2.54. The van der Waals surface area contributed by atoms with Crippen LogP contribution in [0.1, 0.15) is 46.4 Å². The lowest BCUT2D eigenvalue weighted by Gasteiger charge is -2.08. The number of para-hydroxylation sites is 1. The fourth-order valence-corrected chi connectivity index (χ4v) is 4.41. The van der Waals surface area contributed by atoms with E-state index < -0.39 is 0 Å². The molecule has 0 saturated heterocycles. The van der Waals surface area contributed by atoms with Gasteiger partial charge in [0.15, 0.2) is 10.9 Å². The van der Waals surface area contributed by atoms with E-state index in [2.05, 4.69) is 19.7 Å². The van der Waals surface area contributed by atoms with Gasteiger partial charge >= 0.3 is 0 Å². The summed E-state index contributed by atoms with van der Waals surface area (Å²) in [5.41, 5.74) is 2.66. The first-order valence-corrected chi connectivity index (χ1v) is 10.4. The van der Waals surface area contributed by atoms with Crippen molar-refractivity contribution in [3.63, 3.8) is 0 Å². The van der Waals surface area contributed by atoms with E-state index in [4.69, 9.17) is 4.42 Å². The van der Waals surface area contributed by atoms with E-state index in [9.17, 15) is 4.79 Å². The van der Waals surface area contributed by atoms with Gasteiger partial charge in [0.05, 0.1) is 18.6 Å². The van der Waals surface area contributed by atoms with Crippen LogP contribution in [0.2, 0.25) is 0 Å². The molecule has 1 aromatic carbocycles. The number of nitrogens with one attached hydrogen (secondary N) is 1. The number of carbonyl (C=O) groups is 1. The molecule has 3 aromatic heterocycles. The minimum absolute atomic E-state index is 0.0977. The Morgan fingerprint density at radius 3 is 2.89 bits per heavy atom. The molecule has 5 rings (SSSR count). The number of aryl methyl sites for hydroxylation is 1. The Kier molecular flexibility index (Phi) is 4.31. The van der Waals surface area contributed by atoms with Gasteiger partial charge in [0, 0.05) is 28.1 Å². The molecule has 28 heavy (non-hydrogen) atoms. The van der Waals surface area contributed by atoms with Crippen LogP contribution in [-0.4, -0.2) is 31.3 Å². The second-order valence-electron chi connectivity index (χ2n) is 7.16. The van der Waals surface area contributed by atoms with Gasteiger partial charge < -0.3 is 9.40 Å². The molecule has 0 spiro atoms. The van der Waals surface area contributed by atoms with Crippen molar-refractivity contribution in [1.29, 1.82) is 0 Å². The van der Waals surface area contributed by atoms with Crippen molar-refractivity contribution in [3.05, 3.63) is 65.5 Å². The number of Topliss-reactive ketones (excluding diaryl/α,β-unsaturated/α-hetero) is 1. The molecule has 7 heteroatoms. The zero-order chi connectivity index (χ0) is 19.1. The lowest BCUT2D eigenvalue weighted by molar-refractivity contribution is 0.102. The van der Waals surface area contributed by atoms with Gasteiger partial charge in [0.1, 0.15) is 11.6 Å². The van der Waals surface area contributed by atoms with Gasteiger partial charge in [0.2, 0.25) is 0 Å². The highest BCUT2D eigenvalue weighted by Crippen LogP contribution is 2.40. The second kappa shape index (κ2) is 6.98. The van der Waals surface area contributed by atoms with Gasteiger partial charge in [-0.25, -0.2) is 0 Å². The van der Waals surface area contributed by atoms with Gasteiger partial charge in [-0.15, -0.1) is 10.2 Å². The average molecular weight is 392 g/mol. The van der Waals surface area contributed by atoms with Crippen LogP contribution in [-0.2, 0) is 6.54 Å². The van der Waals surface area contributed by atoms with Crippen molar-refractivity contribution in [1.82, 2.24) is 19.7 Å². The third-order valence-electron chi connectivity index (χ3n) is 5.09. The summed E-state index contributed by atoms with van der Waals surface area (Å²) < 4.78 is 7.60. The van der Waals surface area contributed by atoms with E-state index in [-0.39, 0.29) is 5.78 Å². The Morgan fingerprint density at radius 1 is 1.25 bits per heavy atom. The average Bonchev–Trinajstić information content (AvgIpc) is 3.11. The molecule has 142 valence electrons. The fraction of sp³-hybridized carbons (Fsp3) is 0.286. The highest BCUT2D eigenvalue weighted by molar-refractivity contribution is 7.99. The molecule has 1 aliphatic rings. The van der Waals surface area contributed by atoms with Gasteiger partial charge in [-0.2, -0.15) is 0 Å². The predicted octanol–water partition coefficient (Wildman–Crippen LogP) is 4.56. The van der Waals surface area contributed by atoms with Gasteiger partial charge in [-0.3, -0.25) is 9.36 Å². The Morgan fingerprint density at radius 2 is 2.11 bits per heavy atom. The number of thioether (sulfide) groups is 1. The van der Waals surface area contributed by atoms with Crippen molar-refractivity contribution in [2.75, 3.05) is 5.75 Å². The molecule has 0 atom stereocenters. The van der Waals surface area contributed by atoms with Crippen LogP contribution in [0, 0.1) is 6.92 Å². The summed E-state index contributed by atoms with van der Waals surface area (Å²) in [5, 5.41) is 10.5. The number of hydrogen-bond donors (Lipinski definition) is 1. The van der Waals surface area contributed by atoms with Crippen LogP contribution in [0.4, 0.5) is 0 Å². The topological polar surface area (TPSA) is 76.7 Å². The number of fused-ring (bicyclic) bond motifs is 1. The first-order valence-electron chi connectivity index (χ1n) is 9.39. The smallest absolute Gasteiger partial charge is 0.192 e. The normalized spacial score (nSPS) is 14.0. The largest absolute Gasteiger partial charge is 0.467 e. The molecule has 3 heterocycles. The van der Waals surface area contributed by atoms with E-state index in [1.54, 1.807) is 6.26 Å². The summed E-state index contributed by atoms with van der Waals surface area (Å²) in [6.07, 6.45) is 3.97. The molecule has 6 nitrogen and oxygen atoms in total. The quantitative estimate of drug-likeness (QED) is 0.368. The molecule has 0 bridgehead atoms. The first-order chi connectivity index (χ1) is 13.7. The number of aromatic nitrogens is 4. The van der Waals surface area contributed by atoms with Crippen LogP contribution < -0.4 is 0 Å². The van der Waals surface area contributed by atoms with Gasteiger partial charge in [-0.05, 0) is 38.0 Å². The highest BCUT2D eigenvalue weighted by atomic mass is 32.2. The van der Waals surface area contributed by atoms with Crippen LogP contribution in [0.5, 0.6) is 0 Å². The number of furan rings is 1. The van der Waals surface area contributed by atoms with Crippen molar-refractivity contribution in [2.24, 2.45) is 0 Å². The maximum atomic E-state index is 13.0. The lowest BCUT2D eigenvalue weighted by atomic mass is 10.1. The monoisotopic (exact) mass is 392 g/mol. The van der Waals surface area contributed by atoms with Crippen molar-refractivity contribution in [2.45, 2.75) is 37.4 Å². The van der Waals surface area contributed by atoms with Crippen LogP contribution >= 0.6 is 11.8 Å². The maximum Gasteiger partial charge on any atom is 0.192 e. The number of nitrogens with zero attached hydrogens (tertiary/aromatic N) is 3. The first kappa shape index (κ1) is 17.3. The molecule has 0 aliphatic heterocycles. The second-order valence-corrected chi connectivity index (χ2v) is 8.11. The fourth-order valence-electron chi connectivity index (χ4n) is 3.60. The Balaban J connectivity index is 1.39. The summed E-state index contributed by atoms with van der Waals surface area (Å²) >= 11 is 1.44. The number of ketones is 1. The van der Waals surface area contributed by atoms with E-state index in [1.165, 1.54) is 11.8 Å². The molecule has 4 aromatic rings. The Labute approximate surface area is 166 Å². The number of aromatic amines is 1. The van der Waals surface area contributed by atoms with Gasteiger partial charge in [0.25, 0.3) is 0 Å². The SMILES string of the molecule is Cc1[nH]c2ccccc2c1C(=O)CSc1nnc(C2CC2)n1Cc1ccco1. The van der Waals surface area contributed by atoms with Crippen molar-refractivity contribution in [3.8, 4) is 0 Å². The molecule has 0 radical (unpaired) electrons. The Bertz CT molecular complexity index is 1140. The van der Waals surface area contributed by atoms with Crippen LogP contribution in [0.15, 0.2) is 52.2 Å². The predicted molar refractivity (Wildman–Crippen MR) is 108 cm³/mol. The molecule has 1 fully saturated rings. The van der Waals surface area contributed by atoms with E-state index in [0.717, 1.165) is 51.7 Å². The summed E-state index contributed by atoms with van der Waals surface area (Å²) in [4.78, 5) is 16.3. The molecule has 1 aliphatic carbocycles. The summed E-state index contributed by atoms with van der Waals surface area (Å²) in [5.74, 6) is 2.75. The molecule has 1 saturated carbocycles. The number of rotatable bonds is 7. The zero-order valence-electron chi connectivity index (χ0n) is 15.5. The standard InChI is InChI=1S/C21H20N4O2S/c1-13-19(16-6-2-3-7-17(16)22-13)18(26)12-28-21-24-23-20(14-8-9-14)25(21)11-15-5-4-10-27-15/h2-7,10,14,22H,8-9,11-12H2,1H3. The van der Waals surface area contributed by atoms with E-state index in [0.29, 0.717) is 18.2 Å². The highest BCUT2D eigenvalue weighted by Gasteiger charge is 2.31. The van der Waals surface area contributed by atoms with Crippen LogP contribution in [0.3, 0.4) is 0 Å². The minimum atomic E-state index is 0.0977. The van der Waals surface area contributed by atoms with E-state index in [1.807, 2.05) is 43.3 Å². The van der Waals surface area contributed by atoms with Gasteiger partial charge in [-0.1, -0.05) is 30.0 Å².